The molecule has 0 aliphatic heterocycles. The van der Waals surface area contributed by atoms with Crippen molar-refractivity contribution < 1.29 is 4.79 Å². The minimum Gasteiger partial charge on any atom is -0.350 e. The smallest absolute Gasteiger partial charge is 0.224 e. The zero-order valence-electron chi connectivity index (χ0n) is 15.9. The molecule has 136 valence electrons. The van der Waals surface area contributed by atoms with Crippen molar-refractivity contribution in [3.05, 3.63) is 35.4 Å². The number of amides is 1. The molecule has 4 fully saturated rings. The topological polar surface area (TPSA) is 29.1 Å². The van der Waals surface area contributed by atoms with E-state index < -0.39 is 0 Å². The molecule has 0 aromatic heterocycles. The quantitative estimate of drug-likeness (QED) is 0.784. The van der Waals surface area contributed by atoms with Gasteiger partial charge in [-0.2, -0.15) is 0 Å². The van der Waals surface area contributed by atoms with E-state index in [9.17, 15) is 4.79 Å². The number of hydrogen-bond donors (Lipinski definition) is 1. The molecule has 4 saturated carbocycles. The van der Waals surface area contributed by atoms with Crippen molar-refractivity contribution in [3.8, 4) is 0 Å². The summed E-state index contributed by atoms with van der Waals surface area (Å²) in [5.74, 6) is 3.61. The van der Waals surface area contributed by atoms with Gasteiger partial charge in [0, 0.05) is 5.54 Å². The molecule has 0 unspecified atom stereocenters. The first-order valence-corrected chi connectivity index (χ1v) is 10.4. The van der Waals surface area contributed by atoms with E-state index in [1.165, 1.54) is 56.1 Å². The van der Waals surface area contributed by atoms with Crippen molar-refractivity contribution in [2.45, 2.75) is 77.2 Å². The van der Waals surface area contributed by atoms with Crippen molar-refractivity contribution >= 4 is 5.91 Å². The SMILES string of the molecule is CC(C)CCc1cccc(CC(=O)NC23CC4CC(CC(C4)C2)C3)c1. The third-order valence-electron chi connectivity index (χ3n) is 6.81. The Balaban J connectivity index is 1.37. The van der Waals surface area contributed by atoms with Gasteiger partial charge in [0.2, 0.25) is 5.91 Å². The summed E-state index contributed by atoms with van der Waals surface area (Å²) in [7, 11) is 0. The van der Waals surface area contributed by atoms with E-state index in [4.69, 9.17) is 0 Å². The van der Waals surface area contributed by atoms with E-state index >= 15 is 0 Å². The molecule has 0 spiro atoms. The van der Waals surface area contributed by atoms with E-state index in [0.29, 0.717) is 6.42 Å². The van der Waals surface area contributed by atoms with Crippen LogP contribution >= 0.6 is 0 Å². The zero-order chi connectivity index (χ0) is 17.4. The van der Waals surface area contributed by atoms with E-state index in [2.05, 4.69) is 43.4 Å². The summed E-state index contributed by atoms with van der Waals surface area (Å²) >= 11 is 0. The fourth-order valence-electron chi connectivity index (χ4n) is 6.14. The summed E-state index contributed by atoms with van der Waals surface area (Å²) in [6.07, 6.45) is 10.8. The van der Waals surface area contributed by atoms with Gasteiger partial charge in [0.15, 0.2) is 0 Å². The molecule has 0 radical (unpaired) electrons. The molecule has 4 bridgehead atoms. The molecule has 4 aliphatic carbocycles. The van der Waals surface area contributed by atoms with Gasteiger partial charge in [-0.1, -0.05) is 38.1 Å². The fraction of sp³-hybridized carbons (Fsp3) is 0.696. The zero-order valence-corrected chi connectivity index (χ0v) is 15.9. The Hall–Kier alpha value is -1.31. The number of rotatable bonds is 6. The normalized spacial score (nSPS) is 33.0. The maximum Gasteiger partial charge on any atom is 0.224 e. The second-order valence-corrected chi connectivity index (χ2v) is 9.68. The lowest BCUT2D eigenvalue weighted by Crippen LogP contribution is -2.60. The molecule has 2 heteroatoms. The van der Waals surface area contributed by atoms with Crippen molar-refractivity contribution in [2.24, 2.45) is 23.7 Å². The summed E-state index contributed by atoms with van der Waals surface area (Å²) in [5, 5.41) is 3.50. The first kappa shape index (κ1) is 17.1. The second kappa shape index (κ2) is 6.78. The lowest BCUT2D eigenvalue weighted by Gasteiger charge is -2.56. The van der Waals surface area contributed by atoms with E-state index in [-0.39, 0.29) is 11.4 Å². The summed E-state index contributed by atoms with van der Waals surface area (Å²) in [5.41, 5.74) is 2.68. The van der Waals surface area contributed by atoms with E-state index in [1.807, 2.05) is 0 Å². The van der Waals surface area contributed by atoms with Gasteiger partial charge in [-0.15, -0.1) is 0 Å². The monoisotopic (exact) mass is 339 g/mol. The van der Waals surface area contributed by atoms with Crippen molar-refractivity contribution in [3.63, 3.8) is 0 Å². The maximum atomic E-state index is 12.8. The molecule has 0 heterocycles. The Morgan fingerprint density at radius 2 is 1.68 bits per heavy atom. The van der Waals surface area contributed by atoms with Gasteiger partial charge in [-0.3, -0.25) is 4.79 Å². The van der Waals surface area contributed by atoms with Crippen LogP contribution in [-0.4, -0.2) is 11.4 Å². The highest BCUT2D eigenvalue weighted by molar-refractivity contribution is 5.79. The highest BCUT2D eigenvalue weighted by atomic mass is 16.1. The van der Waals surface area contributed by atoms with Crippen molar-refractivity contribution in [2.75, 3.05) is 0 Å². The van der Waals surface area contributed by atoms with Gasteiger partial charge in [0.1, 0.15) is 0 Å². The minimum absolute atomic E-state index is 0.140. The highest BCUT2D eigenvalue weighted by Crippen LogP contribution is 2.55. The van der Waals surface area contributed by atoms with Crippen LogP contribution in [0.1, 0.15) is 69.9 Å². The molecule has 4 aliphatic rings. The van der Waals surface area contributed by atoms with Crippen LogP contribution in [0, 0.1) is 23.7 Å². The van der Waals surface area contributed by atoms with Crippen molar-refractivity contribution in [1.82, 2.24) is 5.32 Å². The van der Waals surface area contributed by atoms with Gasteiger partial charge in [-0.25, -0.2) is 0 Å². The Kier molecular flexibility index (Phi) is 4.64. The molecule has 25 heavy (non-hydrogen) atoms. The summed E-state index contributed by atoms with van der Waals surface area (Å²) in [6.45, 7) is 4.53. The van der Waals surface area contributed by atoms with E-state index in [0.717, 1.165) is 30.1 Å². The Labute approximate surface area is 152 Å². The van der Waals surface area contributed by atoms with Crippen molar-refractivity contribution in [1.29, 1.82) is 0 Å². The third kappa shape index (κ3) is 3.93. The molecule has 2 nitrogen and oxygen atoms in total. The standard InChI is InChI=1S/C23H33NO/c1-16(2)6-7-17-4-3-5-18(8-17)12-22(25)24-23-13-19-9-20(14-23)11-21(10-19)15-23/h3-5,8,16,19-21H,6-7,9-15H2,1-2H3,(H,24,25). The van der Waals surface area contributed by atoms with Crippen LogP contribution in [-0.2, 0) is 17.6 Å². The number of nitrogens with one attached hydrogen (secondary N) is 1. The molecule has 0 atom stereocenters. The average Bonchev–Trinajstić information content (AvgIpc) is 2.51. The van der Waals surface area contributed by atoms with Gasteiger partial charge >= 0.3 is 0 Å². The van der Waals surface area contributed by atoms with Crippen LogP contribution in [0.3, 0.4) is 0 Å². The number of benzene rings is 1. The predicted molar refractivity (Wildman–Crippen MR) is 102 cm³/mol. The molecule has 0 saturated heterocycles. The lowest BCUT2D eigenvalue weighted by molar-refractivity contribution is -0.126. The van der Waals surface area contributed by atoms with Crippen LogP contribution in [0.25, 0.3) is 0 Å². The fourth-order valence-corrected chi connectivity index (χ4v) is 6.14. The molecular formula is C23H33NO. The van der Waals surface area contributed by atoms with E-state index in [1.54, 1.807) is 0 Å². The average molecular weight is 340 g/mol. The molecule has 1 aromatic carbocycles. The largest absolute Gasteiger partial charge is 0.350 e. The Morgan fingerprint density at radius 3 is 2.28 bits per heavy atom. The molecule has 5 rings (SSSR count). The third-order valence-corrected chi connectivity index (χ3v) is 6.81. The first-order valence-electron chi connectivity index (χ1n) is 10.4. The van der Waals surface area contributed by atoms with Gasteiger partial charge in [0.25, 0.3) is 0 Å². The lowest BCUT2D eigenvalue weighted by atomic mass is 9.53. The molecule has 1 amide bonds. The van der Waals surface area contributed by atoms with Crippen LogP contribution < -0.4 is 5.32 Å². The number of carbonyl (C=O) groups is 1. The van der Waals surface area contributed by atoms with Crippen LogP contribution in [0.4, 0.5) is 0 Å². The highest BCUT2D eigenvalue weighted by Gasteiger charge is 2.51. The number of hydrogen-bond acceptors (Lipinski definition) is 1. The Bertz CT molecular complexity index is 597. The second-order valence-electron chi connectivity index (χ2n) is 9.68. The van der Waals surface area contributed by atoms with Gasteiger partial charge in [-0.05, 0) is 86.2 Å². The van der Waals surface area contributed by atoms with Crippen LogP contribution in [0.2, 0.25) is 0 Å². The molecule has 1 N–H and O–H groups in total. The predicted octanol–water partition coefficient (Wildman–Crippen LogP) is 4.90. The number of carbonyl (C=O) groups excluding carboxylic acids is 1. The summed E-state index contributed by atoms with van der Waals surface area (Å²) in [4.78, 5) is 12.8. The summed E-state index contributed by atoms with van der Waals surface area (Å²) < 4.78 is 0. The van der Waals surface area contributed by atoms with Gasteiger partial charge in [0.05, 0.1) is 6.42 Å². The van der Waals surface area contributed by atoms with Crippen LogP contribution in [0.5, 0.6) is 0 Å². The molecular weight excluding hydrogens is 306 g/mol. The minimum atomic E-state index is 0.140. The Morgan fingerprint density at radius 1 is 1.08 bits per heavy atom. The van der Waals surface area contributed by atoms with Gasteiger partial charge < -0.3 is 5.32 Å². The van der Waals surface area contributed by atoms with Crippen LogP contribution in [0.15, 0.2) is 24.3 Å². The number of aryl methyl sites for hydroxylation is 1. The maximum absolute atomic E-state index is 12.8. The summed E-state index contributed by atoms with van der Waals surface area (Å²) in [6, 6.07) is 8.66. The molecule has 1 aromatic rings. The first-order chi connectivity index (χ1) is 12.0.